The quantitative estimate of drug-likeness (QED) is 0.328. The lowest BCUT2D eigenvalue weighted by atomic mass is 9.98. The molecule has 0 spiro atoms. The predicted octanol–water partition coefficient (Wildman–Crippen LogP) is 5.14. The number of amides is 1. The number of ether oxygens (including phenoxy) is 1. The first-order chi connectivity index (χ1) is 14.5. The van der Waals surface area contributed by atoms with Crippen LogP contribution in [0.1, 0.15) is 33.8 Å². The Balaban J connectivity index is 1.85. The Bertz CT molecular complexity index is 1110. The van der Waals surface area contributed by atoms with Gasteiger partial charge in [0.1, 0.15) is 17.6 Å². The molecule has 154 valence electrons. The van der Waals surface area contributed by atoms with E-state index in [1.807, 2.05) is 42.8 Å². The summed E-state index contributed by atoms with van der Waals surface area (Å²) in [6.45, 7) is 4.64. The van der Waals surface area contributed by atoms with Crippen LogP contribution < -0.4 is 4.74 Å². The molecule has 0 saturated carbocycles. The first-order valence-electron chi connectivity index (χ1n) is 9.59. The average Bonchev–Trinajstić information content (AvgIpc) is 3.45. The summed E-state index contributed by atoms with van der Waals surface area (Å²) in [6, 6.07) is 12.1. The Morgan fingerprint density at radius 2 is 1.97 bits per heavy atom. The van der Waals surface area contributed by atoms with E-state index in [0.29, 0.717) is 24.5 Å². The molecule has 0 radical (unpaired) electrons. The molecule has 5 nitrogen and oxygen atoms in total. The van der Waals surface area contributed by atoms with Crippen molar-refractivity contribution in [1.29, 1.82) is 0 Å². The van der Waals surface area contributed by atoms with E-state index < -0.39 is 17.7 Å². The Morgan fingerprint density at radius 3 is 2.63 bits per heavy atom. The summed E-state index contributed by atoms with van der Waals surface area (Å²) in [6.07, 6.45) is 0. The van der Waals surface area contributed by atoms with Crippen LogP contribution in [0.15, 0.2) is 58.8 Å². The van der Waals surface area contributed by atoms with E-state index in [1.165, 1.54) is 22.7 Å². The first-order valence-corrected chi connectivity index (χ1v) is 11.3. The zero-order chi connectivity index (χ0) is 21.3. The smallest absolute Gasteiger partial charge is 0.296 e. The lowest BCUT2D eigenvalue weighted by Gasteiger charge is -2.24. The second-order valence-corrected chi connectivity index (χ2v) is 8.92. The number of ketones is 1. The van der Waals surface area contributed by atoms with Gasteiger partial charge in [-0.3, -0.25) is 9.59 Å². The molecule has 1 unspecified atom stereocenters. The van der Waals surface area contributed by atoms with Gasteiger partial charge in [-0.05, 0) is 54.4 Å². The monoisotopic (exact) mass is 439 g/mol. The Kier molecular flexibility index (Phi) is 5.74. The fraction of sp³-hybridized carbons (Fsp3) is 0.217. The van der Waals surface area contributed by atoms with Gasteiger partial charge >= 0.3 is 0 Å². The number of aliphatic hydroxyl groups excluding tert-OH is 1. The molecular formula is C23H21NO4S2. The van der Waals surface area contributed by atoms with E-state index in [0.717, 1.165) is 15.3 Å². The van der Waals surface area contributed by atoms with Crippen molar-refractivity contribution in [1.82, 2.24) is 4.90 Å². The number of hydrogen-bond donors (Lipinski definition) is 1. The number of carbonyl (C=O) groups is 2. The van der Waals surface area contributed by atoms with Crippen molar-refractivity contribution in [3.05, 3.63) is 79.7 Å². The highest BCUT2D eigenvalue weighted by Gasteiger charge is 2.47. The van der Waals surface area contributed by atoms with E-state index in [1.54, 1.807) is 29.2 Å². The molecule has 2 aromatic heterocycles. The summed E-state index contributed by atoms with van der Waals surface area (Å²) >= 11 is 3.02. The predicted molar refractivity (Wildman–Crippen MR) is 119 cm³/mol. The van der Waals surface area contributed by atoms with Crippen molar-refractivity contribution in [3.63, 3.8) is 0 Å². The maximum atomic E-state index is 13.1. The van der Waals surface area contributed by atoms with Gasteiger partial charge in [-0.2, -0.15) is 0 Å². The molecule has 1 atom stereocenters. The molecule has 1 aliphatic rings. The molecule has 1 aliphatic heterocycles. The fourth-order valence-electron chi connectivity index (χ4n) is 3.61. The number of carbonyl (C=O) groups excluding carboxylic acids is 2. The molecule has 1 aromatic carbocycles. The SMILES string of the molecule is CCOc1cccc(/C(O)=C2/C(=O)C(=O)N(Cc3cccs3)C2c2sccc2C)c1. The zero-order valence-corrected chi connectivity index (χ0v) is 18.3. The summed E-state index contributed by atoms with van der Waals surface area (Å²) in [5.41, 5.74) is 1.56. The number of aryl methyl sites for hydroxylation is 1. The standard InChI is InChI=1S/C23H21NO4S2/c1-3-28-16-7-4-6-15(12-16)20(25)18-19(22-14(2)9-11-30-22)24(23(27)21(18)26)13-17-8-5-10-29-17/h4-12,19,25H,3,13H2,1-2H3/b20-18-. The molecular weight excluding hydrogens is 418 g/mol. The largest absolute Gasteiger partial charge is 0.507 e. The second-order valence-electron chi connectivity index (χ2n) is 6.94. The van der Waals surface area contributed by atoms with E-state index in [2.05, 4.69) is 0 Å². The van der Waals surface area contributed by atoms with Crippen molar-refractivity contribution in [3.8, 4) is 5.75 Å². The zero-order valence-electron chi connectivity index (χ0n) is 16.6. The summed E-state index contributed by atoms with van der Waals surface area (Å²) < 4.78 is 5.52. The van der Waals surface area contributed by atoms with Gasteiger partial charge in [0.2, 0.25) is 0 Å². The Hall–Kier alpha value is -2.90. The van der Waals surface area contributed by atoms with Crippen LogP contribution in [-0.2, 0) is 16.1 Å². The number of benzene rings is 1. The summed E-state index contributed by atoms with van der Waals surface area (Å²) in [7, 11) is 0. The molecule has 3 heterocycles. The molecule has 1 amide bonds. The number of thiophene rings is 2. The van der Waals surface area contributed by atoms with Gasteiger partial charge in [-0.25, -0.2) is 0 Å². The molecule has 4 rings (SSSR count). The number of hydrogen-bond acceptors (Lipinski definition) is 6. The highest BCUT2D eigenvalue weighted by molar-refractivity contribution is 7.10. The van der Waals surface area contributed by atoms with Crippen molar-refractivity contribution >= 4 is 40.1 Å². The maximum Gasteiger partial charge on any atom is 0.296 e. The summed E-state index contributed by atoms with van der Waals surface area (Å²) in [4.78, 5) is 29.5. The van der Waals surface area contributed by atoms with Gasteiger partial charge < -0.3 is 14.7 Å². The van der Waals surface area contributed by atoms with Gasteiger partial charge in [0.25, 0.3) is 11.7 Å². The minimum atomic E-state index is -0.663. The molecule has 7 heteroatoms. The minimum absolute atomic E-state index is 0.121. The van der Waals surface area contributed by atoms with Crippen molar-refractivity contribution in [2.24, 2.45) is 0 Å². The van der Waals surface area contributed by atoms with E-state index >= 15 is 0 Å². The van der Waals surface area contributed by atoms with Gasteiger partial charge in [0, 0.05) is 15.3 Å². The fourth-order valence-corrected chi connectivity index (χ4v) is 5.36. The van der Waals surface area contributed by atoms with Crippen LogP contribution in [0.4, 0.5) is 0 Å². The van der Waals surface area contributed by atoms with Crippen LogP contribution >= 0.6 is 22.7 Å². The van der Waals surface area contributed by atoms with Crippen LogP contribution in [0.2, 0.25) is 0 Å². The lowest BCUT2D eigenvalue weighted by molar-refractivity contribution is -0.140. The van der Waals surface area contributed by atoms with Crippen molar-refractivity contribution < 1.29 is 19.4 Å². The number of aliphatic hydroxyl groups is 1. The van der Waals surface area contributed by atoms with Crippen molar-refractivity contribution in [2.45, 2.75) is 26.4 Å². The highest BCUT2D eigenvalue weighted by Crippen LogP contribution is 2.43. The van der Waals surface area contributed by atoms with Crippen LogP contribution in [0, 0.1) is 6.92 Å². The van der Waals surface area contributed by atoms with Gasteiger partial charge in [-0.1, -0.05) is 18.2 Å². The molecule has 1 fully saturated rings. The molecule has 1 saturated heterocycles. The summed E-state index contributed by atoms with van der Waals surface area (Å²) in [5.74, 6) is -0.841. The van der Waals surface area contributed by atoms with E-state index in [-0.39, 0.29) is 11.3 Å². The molecule has 1 N–H and O–H groups in total. The molecule has 3 aromatic rings. The van der Waals surface area contributed by atoms with E-state index in [9.17, 15) is 14.7 Å². The number of likely N-dealkylation sites (tertiary alicyclic amines) is 1. The third-order valence-electron chi connectivity index (χ3n) is 5.01. The average molecular weight is 440 g/mol. The van der Waals surface area contributed by atoms with Gasteiger partial charge in [-0.15, -0.1) is 22.7 Å². The number of nitrogens with zero attached hydrogens (tertiary/aromatic N) is 1. The number of rotatable bonds is 6. The molecule has 0 aliphatic carbocycles. The maximum absolute atomic E-state index is 13.1. The van der Waals surface area contributed by atoms with Gasteiger partial charge in [0.05, 0.1) is 18.7 Å². The minimum Gasteiger partial charge on any atom is -0.507 e. The second kappa shape index (κ2) is 8.45. The number of Topliss-reactive ketones (excluding diaryl/α,β-unsaturated/α-hetero) is 1. The van der Waals surface area contributed by atoms with Gasteiger partial charge in [0.15, 0.2) is 0 Å². The Morgan fingerprint density at radius 1 is 1.13 bits per heavy atom. The Labute approximate surface area is 182 Å². The van der Waals surface area contributed by atoms with Crippen LogP contribution in [0.5, 0.6) is 5.75 Å². The van der Waals surface area contributed by atoms with Crippen LogP contribution in [0.25, 0.3) is 5.76 Å². The van der Waals surface area contributed by atoms with Crippen molar-refractivity contribution in [2.75, 3.05) is 6.61 Å². The molecule has 30 heavy (non-hydrogen) atoms. The normalized spacial score (nSPS) is 18.2. The topological polar surface area (TPSA) is 66.8 Å². The van der Waals surface area contributed by atoms with Crippen LogP contribution in [0.3, 0.4) is 0 Å². The summed E-state index contributed by atoms with van der Waals surface area (Å²) in [5, 5.41) is 15.0. The third-order valence-corrected chi connectivity index (χ3v) is 6.95. The lowest BCUT2D eigenvalue weighted by Crippen LogP contribution is -2.28. The molecule has 0 bridgehead atoms. The van der Waals surface area contributed by atoms with Crippen LogP contribution in [-0.4, -0.2) is 28.3 Å². The highest BCUT2D eigenvalue weighted by atomic mass is 32.1. The first kappa shape index (κ1) is 20.4. The van der Waals surface area contributed by atoms with E-state index in [4.69, 9.17) is 4.74 Å². The third kappa shape index (κ3) is 3.66.